The fourth-order valence-corrected chi connectivity index (χ4v) is 3.62. The predicted octanol–water partition coefficient (Wildman–Crippen LogP) is 1.81. The standard InChI is InChI=1S/C17H16N6O5S2/c1-3-28-15(26)12-8-29-16(18-12)19-13(24)9-30-17-20-21-22-23(17)11-6-4-5-10(7-11)14(25)27-2/h4-8H,3,9H2,1-2H3,(H,18,19,24). The smallest absolute Gasteiger partial charge is 0.357 e. The van der Waals surface area contributed by atoms with E-state index in [1.54, 1.807) is 31.2 Å². The molecule has 13 heteroatoms. The molecule has 0 atom stereocenters. The Morgan fingerprint density at radius 2 is 2.10 bits per heavy atom. The van der Waals surface area contributed by atoms with Crippen molar-refractivity contribution in [1.29, 1.82) is 0 Å². The van der Waals surface area contributed by atoms with Crippen molar-refractivity contribution in [1.82, 2.24) is 25.2 Å². The van der Waals surface area contributed by atoms with Crippen molar-refractivity contribution < 1.29 is 23.9 Å². The Labute approximate surface area is 178 Å². The molecule has 0 aliphatic rings. The summed E-state index contributed by atoms with van der Waals surface area (Å²) in [6.07, 6.45) is 0. The summed E-state index contributed by atoms with van der Waals surface area (Å²) in [5.41, 5.74) is 1.03. The Balaban J connectivity index is 1.62. The molecule has 0 aliphatic heterocycles. The second-order valence-electron chi connectivity index (χ2n) is 5.51. The third-order valence-electron chi connectivity index (χ3n) is 3.52. The number of rotatable bonds is 8. The van der Waals surface area contributed by atoms with Gasteiger partial charge in [0.25, 0.3) is 0 Å². The molecule has 0 radical (unpaired) electrons. The number of thioether (sulfide) groups is 1. The summed E-state index contributed by atoms with van der Waals surface area (Å²) in [4.78, 5) is 39.6. The van der Waals surface area contributed by atoms with E-state index < -0.39 is 11.9 Å². The number of nitrogens with one attached hydrogen (secondary N) is 1. The highest BCUT2D eigenvalue weighted by Crippen LogP contribution is 2.21. The van der Waals surface area contributed by atoms with Gasteiger partial charge in [0, 0.05) is 5.38 Å². The minimum absolute atomic E-state index is 0.00534. The maximum absolute atomic E-state index is 12.2. The number of benzene rings is 1. The van der Waals surface area contributed by atoms with Crippen molar-refractivity contribution >= 4 is 46.1 Å². The number of anilines is 1. The molecule has 0 bridgehead atoms. The van der Waals surface area contributed by atoms with Crippen LogP contribution in [0.3, 0.4) is 0 Å². The first-order valence-electron chi connectivity index (χ1n) is 8.54. The lowest BCUT2D eigenvalue weighted by Gasteiger charge is -2.06. The summed E-state index contributed by atoms with van der Waals surface area (Å²) in [6, 6.07) is 6.59. The summed E-state index contributed by atoms with van der Waals surface area (Å²) in [5.74, 6) is -1.37. The SMILES string of the molecule is CCOC(=O)c1csc(NC(=O)CSc2nnnn2-c2cccc(C(=O)OC)c2)n1. The van der Waals surface area contributed by atoms with E-state index in [0.29, 0.717) is 16.4 Å². The third kappa shape index (κ3) is 5.18. The Morgan fingerprint density at radius 3 is 2.87 bits per heavy atom. The van der Waals surface area contributed by atoms with Crippen LogP contribution < -0.4 is 5.32 Å². The predicted molar refractivity (Wildman–Crippen MR) is 108 cm³/mol. The Kier molecular flexibility index (Phi) is 7.08. The second-order valence-corrected chi connectivity index (χ2v) is 7.31. The minimum Gasteiger partial charge on any atom is -0.465 e. The molecule has 0 aliphatic carbocycles. The van der Waals surface area contributed by atoms with Gasteiger partial charge in [-0.3, -0.25) is 4.79 Å². The number of esters is 2. The monoisotopic (exact) mass is 448 g/mol. The molecule has 2 aromatic heterocycles. The van der Waals surface area contributed by atoms with Gasteiger partial charge in [-0.2, -0.15) is 4.68 Å². The number of tetrazole rings is 1. The zero-order valence-corrected chi connectivity index (χ0v) is 17.5. The van der Waals surface area contributed by atoms with Crippen molar-refractivity contribution in [2.75, 3.05) is 24.8 Å². The number of thiazole rings is 1. The molecule has 30 heavy (non-hydrogen) atoms. The van der Waals surface area contributed by atoms with Gasteiger partial charge in [-0.1, -0.05) is 17.8 Å². The minimum atomic E-state index is -0.544. The molecule has 0 unspecified atom stereocenters. The van der Waals surface area contributed by atoms with Gasteiger partial charge in [0.1, 0.15) is 0 Å². The second kappa shape index (κ2) is 9.93. The van der Waals surface area contributed by atoms with E-state index in [9.17, 15) is 14.4 Å². The van der Waals surface area contributed by atoms with E-state index in [1.165, 1.54) is 17.2 Å². The summed E-state index contributed by atoms with van der Waals surface area (Å²) in [7, 11) is 1.30. The van der Waals surface area contributed by atoms with E-state index >= 15 is 0 Å². The van der Waals surface area contributed by atoms with Gasteiger partial charge in [0.05, 0.1) is 30.7 Å². The first kappa shape index (κ1) is 21.4. The Morgan fingerprint density at radius 1 is 1.27 bits per heavy atom. The van der Waals surface area contributed by atoms with Gasteiger partial charge < -0.3 is 14.8 Å². The van der Waals surface area contributed by atoms with Crippen LogP contribution in [0.15, 0.2) is 34.8 Å². The lowest BCUT2D eigenvalue weighted by atomic mass is 10.2. The van der Waals surface area contributed by atoms with Crippen molar-refractivity contribution in [3.8, 4) is 5.69 Å². The van der Waals surface area contributed by atoms with Gasteiger partial charge in [-0.25, -0.2) is 14.6 Å². The largest absolute Gasteiger partial charge is 0.465 e. The lowest BCUT2D eigenvalue weighted by Crippen LogP contribution is -2.15. The maximum Gasteiger partial charge on any atom is 0.357 e. The van der Waals surface area contributed by atoms with Crippen LogP contribution in [0.1, 0.15) is 27.8 Å². The zero-order valence-electron chi connectivity index (χ0n) is 15.9. The lowest BCUT2D eigenvalue weighted by molar-refractivity contribution is -0.113. The molecular weight excluding hydrogens is 432 g/mol. The van der Waals surface area contributed by atoms with Crippen LogP contribution in [0.2, 0.25) is 0 Å². The molecule has 3 rings (SSSR count). The van der Waals surface area contributed by atoms with Crippen molar-refractivity contribution in [2.45, 2.75) is 12.1 Å². The molecule has 1 N–H and O–H groups in total. The number of aromatic nitrogens is 5. The number of hydrogen-bond donors (Lipinski definition) is 1. The molecule has 3 aromatic rings. The van der Waals surface area contributed by atoms with Crippen LogP contribution >= 0.6 is 23.1 Å². The third-order valence-corrected chi connectivity index (χ3v) is 5.20. The molecule has 2 heterocycles. The average molecular weight is 448 g/mol. The number of carbonyl (C=O) groups is 3. The fraction of sp³-hybridized carbons (Fsp3) is 0.235. The first-order valence-corrected chi connectivity index (χ1v) is 10.4. The summed E-state index contributed by atoms with van der Waals surface area (Å²) < 4.78 is 11.0. The van der Waals surface area contributed by atoms with Crippen molar-refractivity contribution in [3.63, 3.8) is 0 Å². The van der Waals surface area contributed by atoms with Gasteiger partial charge >= 0.3 is 11.9 Å². The van der Waals surface area contributed by atoms with E-state index in [4.69, 9.17) is 9.47 Å². The quantitative estimate of drug-likeness (QED) is 0.401. The van der Waals surface area contributed by atoms with Crippen molar-refractivity contribution in [2.24, 2.45) is 0 Å². The van der Waals surface area contributed by atoms with Gasteiger partial charge in [0.2, 0.25) is 11.1 Å². The van der Waals surface area contributed by atoms with E-state index in [0.717, 1.165) is 23.1 Å². The number of amides is 1. The molecule has 0 saturated carbocycles. The highest BCUT2D eigenvalue weighted by molar-refractivity contribution is 7.99. The highest BCUT2D eigenvalue weighted by Gasteiger charge is 2.16. The van der Waals surface area contributed by atoms with E-state index in [2.05, 4.69) is 25.8 Å². The van der Waals surface area contributed by atoms with E-state index in [1.807, 2.05) is 0 Å². The van der Waals surface area contributed by atoms with E-state index in [-0.39, 0.29) is 29.1 Å². The summed E-state index contributed by atoms with van der Waals surface area (Å²) in [6.45, 7) is 1.94. The number of hydrogen-bond acceptors (Lipinski definition) is 11. The van der Waals surface area contributed by atoms with Crippen LogP contribution in [0, 0.1) is 0 Å². The van der Waals surface area contributed by atoms with Crippen LogP contribution in [-0.2, 0) is 14.3 Å². The molecule has 156 valence electrons. The van der Waals surface area contributed by atoms with Gasteiger partial charge in [-0.05, 0) is 35.5 Å². The maximum atomic E-state index is 12.2. The normalized spacial score (nSPS) is 10.5. The average Bonchev–Trinajstić information content (AvgIpc) is 3.41. The van der Waals surface area contributed by atoms with Crippen LogP contribution in [0.25, 0.3) is 5.69 Å². The summed E-state index contributed by atoms with van der Waals surface area (Å²) >= 11 is 2.22. The number of methoxy groups -OCH3 is 1. The Hall–Kier alpha value is -3.32. The topological polar surface area (TPSA) is 138 Å². The fourth-order valence-electron chi connectivity index (χ4n) is 2.23. The number of ether oxygens (including phenoxy) is 2. The zero-order chi connectivity index (χ0) is 21.5. The van der Waals surface area contributed by atoms with Crippen LogP contribution in [-0.4, -0.2) is 62.5 Å². The Bertz CT molecular complexity index is 1070. The molecule has 11 nitrogen and oxygen atoms in total. The van der Waals surface area contributed by atoms with Crippen LogP contribution in [0.4, 0.5) is 5.13 Å². The number of carbonyl (C=O) groups excluding carboxylic acids is 3. The van der Waals surface area contributed by atoms with Crippen molar-refractivity contribution in [3.05, 3.63) is 40.9 Å². The number of nitrogens with zero attached hydrogens (tertiary/aromatic N) is 5. The highest BCUT2D eigenvalue weighted by atomic mass is 32.2. The summed E-state index contributed by atoms with van der Waals surface area (Å²) in [5, 5.41) is 16.2. The van der Waals surface area contributed by atoms with Gasteiger partial charge in [0.15, 0.2) is 10.8 Å². The first-order chi connectivity index (χ1) is 14.5. The molecular formula is C17H16N6O5S2. The molecule has 1 amide bonds. The van der Waals surface area contributed by atoms with Crippen LogP contribution in [0.5, 0.6) is 0 Å². The molecule has 1 aromatic carbocycles. The molecule has 0 saturated heterocycles. The van der Waals surface area contributed by atoms with Gasteiger partial charge in [-0.15, -0.1) is 16.4 Å². The molecule has 0 spiro atoms. The molecule has 0 fully saturated rings.